The molecule has 1 atom stereocenters. The molecule has 0 bridgehead atoms. The summed E-state index contributed by atoms with van der Waals surface area (Å²) in [6, 6.07) is 0.459. The summed E-state index contributed by atoms with van der Waals surface area (Å²) in [5.41, 5.74) is 0.0480. The van der Waals surface area contributed by atoms with Crippen molar-refractivity contribution in [3.05, 3.63) is 0 Å². The lowest BCUT2D eigenvalue weighted by Crippen LogP contribution is -2.69. The van der Waals surface area contributed by atoms with E-state index in [1.807, 2.05) is 0 Å². The molecular formula is C11H19NO. The minimum Gasteiger partial charge on any atom is -0.351 e. The zero-order valence-corrected chi connectivity index (χ0v) is 8.60. The predicted octanol–water partition coefficient (Wildman–Crippen LogP) is 2.09. The topological polar surface area (TPSA) is 29.1 Å². The molecule has 0 aromatic carbocycles. The van der Waals surface area contributed by atoms with Crippen LogP contribution in [0.3, 0.4) is 0 Å². The number of carbonyl (C=O) groups excluding carboxylic acids is 1. The number of β-lactam (4-membered cyclic amide) rings is 1. The Morgan fingerprint density at radius 2 is 1.92 bits per heavy atom. The van der Waals surface area contributed by atoms with Gasteiger partial charge in [0, 0.05) is 6.04 Å². The zero-order valence-electron chi connectivity index (χ0n) is 8.60. The van der Waals surface area contributed by atoms with Gasteiger partial charge in [-0.3, -0.25) is 4.79 Å². The maximum absolute atomic E-state index is 11.6. The van der Waals surface area contributed by atoms with Crippen LogP contribution in [0.5, 0.6) is 0 Å². The van der Waals surface area contributed by atoms with Crippen LogP contribution in [0.2, 0.25) is 0 Å². The summed E-state index contributed by atoms with van der Waals surface area (Å²) >= 11 is 0. The van der Waals surface area contributed by atoms with Gasteiger partial charge in [-0.1, -0.05) is 33.1 Å². The first kappa shape index (κ1) is 9.04. The Labute approximate surface area is 80.1 Å². The summed E-state index contributed by atoms with van der Waals surface area (Å²) in [4.78, 5) is 11.6. The third-order valence-electron chi connectivity index (χ3n) is 3.75. The van der Waals surface area contributed by atoms with E-state index >= 15 is 0 Å². The average Bonchev–Trinajstić information content (AvgIpc) is 2.15. The van der Waals surface area contributed by atoms with Gasteiger partial charge < -0.3 is 5.32 Å². The van der Waals surface area contributed by atoms with E-state index in [1.54, 1.807) is 0 Å². The van der Waals surface area contributed by atoms with Crippen molar-refractivity contribution < 1.29 is 4.79 Å². The van der Waals surface area contributed by atoms with E-state index in [1.165, 1.54) is 19.3 Å². The van der Waals surface area contributed by atoms with Crippen molar-refractivity contribution in [1.29, 1.82) is 0 Å². The van der Waals surface area contributed by atoms with Gasteiger partial charge in [0.05, 0.1) is 5.41 Å². The monoisotopic (exact) mass is 181 g/mol. The van der Waals surface area contributed by atoms with E-state index in [9.17, 15) is 4.79 Å². The fraction of sp³-hybridized carbons (Fsp3) is 0.909. The summed E-state index contributed by atoms with van der Waals surface area (Å²) in [6.45, 7) is 4.42. The van der Waals surface area contributed by atoms with E-state index < -0.39 is 0 Å². The summed E-state index contributed by atoms with van der Waals surface area (Å²) in [7, 11) is 0. The lowest BCUT2D eigenvalue weighted by Gasteiger charge is -2.52. The largest absolute Gasteiger partial charge is 0.351 e. The van der Waals surface area contributed by atoms with Gasteiger partial charge in [0.1, 0.15) is 0 Å². The van der Waals surface area contributed by atoms with Crippen LogP contribution in [-0.2, 0) is 4.79 Å². The van der Waals surface area contributed by atoms with Crippen LogP contribution in [-0.4, -0.2) is 11.9 Å². The molecule has 2 heteroatoms. The highest BCUT2D eigenvalue weighted by Crippen LogP contribution is 2.47. The molecule has 0 radical (unpaired) electrons. The zero-order chi connectivity index (χ0) is 9.47. The summed E-state index contributed by atoms with van der Waals surface area (Å²) < 4.78 is 0. The Hall–Kier alpha value is -0.530. The van der Waals surface area contributed by atoms with Crippen molar-refractivity contribution in [1.82, 2.24) is 5.32 Å². The van der Waals surface area contributed by atoms with E-state index in [-0.39, 0.29) is 5.41 Å². The lowest BCUT2D eigenvalue weighted by atomic mass is 9.60. The standard InChI is InChI=1S/C11H19NO/c1-8(2)9-11(10(13)12-9)6-4-3-5-7-11/h8-9H,3-7H2,1-2H3,(H,12,13)/t9-/m0/s1. The fourth-order valence-corrected chi connectivity index (χ4v) is 3.01. The van der Waals surface area contributed by atoms with Crippen LogP contribution in [0.15, 0.2) is 0 Å². The van der Waals surface area contributed by atoms with E-state index in [4.69, 9.17) is 0 Å². The van der Waals surface area contributed by atoms with Gasteiger partial charge in [-0.25, -0.2) is 0 Å². The maximum atomic E-state index is 11.6. The Balaban J connectivity index is 2.13. The molecule has 0 aromatic rings. The molecule has 1 heterocycles. The van der Waals surface area contributed by atoms with Crippen molar-refractivity contribution in [3.8, 4) is 0 Å². The molecular weight excluding hydrogens is 162 g/mol. The van der Waals surface area contributed by atoms with Crippen LogP contribution in [0.1, 0.15) is 46.0 Å². The molecule has 1 amide bonds. The number of rotatable bonds is 1. The van der Waals surface area contributed by atoms with Crippen molar-refractivity contribution in [2.24, 2.45) is 11.3 Å². The molecule has 2 aliphatic rings. The lowest BCUT2D eigenvalue weighted by molar-refractivity contribution is -0.151. The molecule has 1 spiro atoms. The number of hydrogen-bond acceptors (Lipinski definition) is 1. The van der Waals surface area contributed by atoms with Crippen LogP contribution >= 0.6 is 0 Å². The summed E-state index contributed by atoms with van der Waals surface area (Å²) in [6.07, 6.45) is 6.07. The quantitative estimate of drug-likeness (QED) is 0.617. The smallest absolute Gasteiger partial charge is 0.228 e. The van der Waals surface area contributed by atoms with Crippen molar-refractivity contribution in [3.63, 3.8) is 0 Å². The molecule has 1 saturated carbocycles. The van der Waals surface area contributed by atoms with Gasteiger partial charge in [0.15, 0.2) is 0 Å². The Kier molecular flexibility index (Phi) is 2.09. The molecule has 1 aliphatic carbocycles. The SMILES string of the molecule is CC(C)[C@@H]1NC(=O)C12CCCCC2. The van der Waals surface area contributed by atoms with Gasteiger partial charge in [-0.15, -0.1) is 0 Å². The number of nitrogens with one attached hydrogen (secondary N) is 1. The van der Waals surface area contributed by atoms with Crippen molar-refractivity contribution in [2.75, 3.05) is 0 Å². The minimum atomic E-state index is 0.0480. The second-order valence-electron chi connectivity index (χ2n) is 4.91. The third kappa shape index (κ3) is 1.18. The second-order valence-corrected chi connectivity index (χ2v) is 4.91. The molecule has 1 aliphatic heterocycles. The van der Waals surface area contributed by atoms with Gasteiger partial charge in [0.25, 0.3) is 0 Å². The highest BCUT2D eigenvalue weighted by molar-refractivity contribution is 5.90. The summed E-state index contributed by atoms with van der Waals surface area (Å²) in [5.74, 6) is 0.918. The Morgan fingerprint density at radius 1 is 1.31 bits per heavy atom. The Morgan fingerprint density at radius 3 is 2.38 bits per heavy atom. The van der Waals surface area contributed by atoms with Gasteiger partial charge in [-0.05, 0) is 18.8 Å². The molecule has 0 unspecified atom stereocenters. The third-order valence-corrected chi connectivity index (χ3v) is 3.75. The van der Waals surface area contributed by atoms with Crippen molar-refractivity contribution >= 4 is 5.91 Å². The first-order valence-corrected chi connectivity index (χ1v) is 5.48. The van der Waals surface area contributed by atoms with Crippen molar-refractivity contribution in [2.45, 2.75) is 52.0 Å². The van der Waals surface area contributed by atoms with Crippen LogP contribution < -0.4 is 5.32 Å². The second kappa shape index (κ2) is 3.00. The molecule has 0 aromatic heterocycles. The van der Waals surface area contributed by atoms with Gasteiger partial charge in [0.2, 0.25) is 5.91 Å². The number of carbonyl (C=O) groups is 1. The molecule has 2 nitrogen and oxygen atoms in total. The molecule has 2 fully saturated rings. The Bertz CT molecular complexity index is 216. The number of hydrogen-bond donors (Lipinski definition) is 1. The van der Waals surface area contributed by atoms with Gasteiger partial charge in [-0.2, -0.15) is 0 Å². The fourth-order valence-electron chi connectivity index (χ4n) is 3.01. The first-order chi connectivity index (χ1) is 6.17. The normalized spacial score (nSPS) is 31.6. The minimum absolute atomic E-state index is 0.0480. The molecule has 2 rings (SSSR count). The van der Waals surface area contributed by atoms with Gasteiger partial charge >= 0.3 is 0 Å². The molecule has 74 valence electrons. The molecule has 1 saturated heterocycles. The van der Waals surface area contributed by atoms with E-state index in [2.05, 4.69) is 19.2 Å². The predicted molar refractivity (Wildman–Crippen MR) is 52.3 cm³/mol. The average molecular weight is 181 g/mol. The van der Waals surface area contributed by atoms with E-state index in [0.29, 0.717) is 17.9 Å². The number of amides is 1. The van der Waals surface area contributed by atoms with Crippen LogP contribution in [0, 0.1) is 11.3 Å². The molecule has 1 N–H and O–H groups in total. The highest BCUT2D eigenvalue weighted by atomic mass is 16.2. The first-order valence-electron chi connectivity index (χ1n) is 5.48. The molecule has 13 heavy (non-hydrogen) atoms. The van der Waals surface area contributed by atoms with Crippen LogP contribution in [0.25, 0.3) is 0 Å². The van der Waals surface area contributed by atoms with E-state index in [0.717, 1.165) is 12.8 Å². The highest BCUT2D eigenvalue weighted by Gasteiger charge is 2.55. The van der Waals surface area contributed by atoms with Crippen LogP contribution in [0.4, 0.5) is 0 Å². The maximum Gasteiger partial charge on any atom is 0.228 e. The summed E-state index contributed by atoms with van der Waals surface area (Å²) in [5, 5.41) is 3.06.